The Balaban J connectivity index is 1.70. The summed E-state index contributed by atoms with van der Waals surface area (Å²) in [5, 5.41) is 5.66. The van der Waals surface area contributed by atoms with Gasteiger partial charge in [0.15, 0.2) is 0 Å². The number of rotatable bonds is 7. The van der Waals surface area contributed by atoms with Crippen molar-refractivity contribution in [3.05, 3.63) is 101 Å². The molecule has 5 nitrogen and oxygen atoms in total. The molecule has 154 valence electrons. The molecule has 0 aromatic heterocycles. The summed E-state index contributed by atoms with van der Waals surface area (Å²) in [6.45, 7) is 4.09. The van der Waals surface area contributed by atoms with Gasteiger partial charge in [-0.2, -0.15) is 0 Å². The molecule has 5 heteroatoms. The molecule has 0 aliphatic carbocycles. The lowest BCUT2D eigenvalue weighted by Gasteiger charge is -2.19. The molecule has 30 heavy (non-hydrogen) atoms. The van der Waals surface area contributed by atoms with Crippen LogP contribution in [-0.2, 0) is 22.6 Å². The van der Waals surface area contributed by atoms with Crippen molar-refractivity contribution in [2.24, 2.45) is 0 Å². The molecule has 0 unspecified atom stereocenters. The first-order valence-electron chi connectivity index (χ1n) is 9.91. The molecule has 0 saturated carbocycles. The standard InChI is InChI=1S/C25H26N2O3/c1-18-10-9-15-22(19(18)2)26-24(28)23(16-20-11-5-3-6-12-20)27-25(29)30-17-21-13-7-4-8-14-21/h3-15,23H,16-17H2,1-2H3,(H,26,28)(H,27,29)/t23-/m0/s1. The zero-order valence-corrected chi connectivity index (χ0v) is 17.2. The Bertz CT molecular complexity index is 988. The molecule has 0 bridgehead atoms. The van der Waals surface area contributed by atoms with Crippen molar-refractivity contribution in [2.45, 2.75) is 32.9 Å². The fourth-order valence-corrected chi connectivity index (χ4v) is 3.07. The number of ether oxygens (including phenoxy) is 1. The first-order chi connectivity index (χ1) is 14.5. The maximum atomic E-state index is 13.0. The molecule has 0 heterocycles. The SMILES string of the molecule is Cc1cccc(NC(=O)[C@H](Cc2ccccc2)NC(=O)OCc2ccccc2)c1C. The maximum absolute atomic E-state index is 13.0. The number of aryl methyl sites for hydroxylation is 1. The van der Waals surface area contributed by atoms with Crippen molar-refractivity contribution in [1.29, 1.82) is 0 Å². The lowest BCUT2D eigenvalue weighted by Crippen LogP contribution is -2.45. The zero-order valence-electron chi connectivity index (χ0n) is 17.2. The van der Waals surface area contributed by atoms with E-state index in [-0.39, 0.29) is 12.5 Å². The van der Waals surface area contributed by atoms with E-state index in [9.17, 15) is 9.59 Å². The van der Waals surface area contributed by atoms with Crippen LogP contribution in [-0.4, -0.2) is 18.0 Å². The van der Waals surface area contributed by atoms with Crippen LogP contribution in [0.15, 0.2) is 78.9 Å². The monoisotopic (exact) mass is 402 g/mol. The van der Waals surface area contributed by atoms with E-state index in [2.05, 4.69) is 10.6 Å². The van der Waals surface area contributed by atoms with Gasteiger partial charge in [0.2, 0.25) is 5.91 Å². The molecule has 0 spiro atoms. The largest absolute Gasteiger partial charge is 0.445 e. The maximum Gasteiger partial charge on any atom is 0.408 e. The molecule has 1 atom stereocenters. The van der Waals surface area contributed by atoms with Crippen LogP contribution in [0.5, 0.6) is 0 Å². The lowest BCUT2D eigenvalue weighted by atomic mass is 10.0. The summed E-state index contributed by atoms with van der Waals surface area (Å²) in [5.41, 5.74) is 4.64. The molecule has 3 aromatic rings. The quantitative estimate of drug-likeness (QED) is 0.598. The van der Waals surface area contributed by atoms with Gasteiger partial charge in [-0.05, 0) is 42.2 Å². The fourth-order valence-electron chi connectivity index (χ4n) is 3.07. The van der Waals surface area contributed by atoms with Gasteiger partial charge in [0.1, 0.15) is 12.6 Å². The molecule has 0 fully saturated rings. The second-order valence-corrected chi connectivity index (χ2v) is 7.19. The number of carbonyl (C=O) groups is 2. The number of anilines is 1. The van der Waals surface area contributed by atoms with Gasteiger partial charge in [0.25, 0.3) is 0 Å². The highest BCUT2D eigenvalue weighted by molar-refractivity contribution is 5.97. The molecular formula is C25H26N2O3. The first-order valence-corrected chi connectivity index (χ1v) is 9.91. The van der Waals surface area contributed by atoms with Crippen LogP contribution >= 0.6 is 0 Å². The minimum absolute atomic E-state index is 0.142. The molecule has 0 aliphatic heterocycles. The van der Waals surface area contributed by atoms with Crippen molar-refractivity contribution in [2.75, 3.05) is 5.32 Å². The van der Waals surface area contributed by atoms with Crippen LogP contribution < -0.4 is 10.6 Å². The van der Waals surface area contributed by atoms with Crippen molar-refractivity contribution in [1.82, 2.24) is 5.32 Å². The highest BCUT2D eigenvalue weighted by atomic mass is 16.5. The Kier molecular flexibility index (Phi) is 7.22. The van der Waals surface area contributed by atoms with Gasteiger partial charge in [-0.1, -0.05) is 72.8 Å². The first kappa shape index (κ1) is 21.1. The Morgan fingerprint density at radius 3 is 2.13 bits per heavy atom. The van der Waals surface area contributed by atoms with E-state index in [1.165, 1.54) is 0 Å². The zero-order chi connectivity index (χ0) is 21.3. The van der Waals surface area contributed by atoms with Gasteiger partial charge < -0.3 is 15.4 Å². The highest BCUT2D eigenvalue weighted by Crippen LogP contribution is 2.18. The normalized spacial score (nSPS) is 11.4. The van der Waals surface area contributed by atoms with Crippen LogP contribution in [0.2, 0.25) is 0 Å². The van der Waals surface area contributed by atoms with E-state index in [1.54, 1.807) is 0 Å². The van der Waals surface area contributed by atoms with Crippen molar-refractivity contribution >= 4 is 17.7 Å². The summed E-state index contributed by atoms with van der Waals surface area (Å²) in [6.07, 6.45) is -0.270. The number of hydrogen-bond acceptors (Lipinski definition) is 3. The van der Waals surface area contributed by atoms with Crippen molar-refractivity contribution < 1.29 is 14.3 Å². The second kappa shape index (κ2) is 10.3. The third kappa shape index (κ3) is 5.95. The van der Waals surface area contributed by atoms with Gasteiger partial charge in [0.05, 0.1) is 0 Å². The van der Waals surface area contributed by atoms with E-state index in [0.717, 1.165) is 27.9 Å². The summed E-state index contributed by atoms with van der Waals surface area (Å²) < 4.78 is 5.31. The molecule has 0 aliphatic rings. The number of alkyl carbamates (subject to hydrolysis) is 1. The number of amides is 2. The number of hydrogen-bond donors (Lipinski definition) is 2. The van der Waals surface area contributed by atoms with Crippen LogP contribution in [0.1, 0.15) is 22.3 Å². The lowest BCUT2D eigenvalue weighted by molar-refractivity contribution is -0.118. The van der Waals surface area contributed by atoms with Gasteiger partial charge in [0, 0.05) is 12.1 Å². The topological polar surface area (TPSA) is 67.4 Å². The van der Waals surface area contributed by atoms with Crippen molar-refractivity contribution in [3.8, 4) is 0 Å². The number of carbonyl (C=O) groups excluding carboxylic acids is 2. The third-order valence-corrected chi connectivity index (χ3v) is 4.97. The Labute approximate surface area is 177 Å². The van der Waals surface area contributed by atoms with Crippen LogP contribution in [0.4, 0.5) is 10.5 Å². The van der Waals surface area contributed by atoms with Crippen LogP contribution in [0.25, 0.3) is 0 Å². The summed E-state index contributed by atoms with van der Waals surface area (Å²) in [4.78, 5) is 25.4. The molecule has 3 aromatic carbocycles. The molecule has 0 radical (unpaired) electrons. The third-order valence-electron chi connectivity index (χ3n) is 4.97. The van der Waals surface area contributed by atoms with Gasteiger partial charge in [-0.3, -0.25) is 4.79 Å². The van der Waals surface area contributed by atoms with Crippen LogP contribution in [0, 0.1) is 13.8 Å². The summed E-state index contributed by atoms with van der Waals surface area (Å²) >= 11 is 0. The molecule has 2 amide bonds. The molecule has 3 rings (SSSR count). The highest BCUT2D eigenvalue weighted by Gasteiger charge is 2.23. The van der Waals surface area contributed by atoms with Gasteiger partial charge in [-0.25, -0.2) is 4.79 Å². The number of benzene rings is 3. The van der Waals surface area contributed by atoms with Gasteiger partial charge >= 0.3 is 6.09 Å². The predicted molar refractivity (Wildman–Crippen MR) is 118 cm³/mol. The minimum atomic E-state index is -0.768. The minimum Gasteiger partial charge on any atom is -0.445 e. The number of nitrogens with one attached hydrogen (secondary N) is 2. The predicted octanol–water partition coefficient (Wildman–Crippen LogP) is 4.78. The average Bonchev–Trinajstić information content (AvgIpc) is 2.76. The van der Waals surface area contributed by atoms with Crippen LogP contribution in [0.3, 0.4) is 0 Å². The fraction of sp³-hybridized carbons (Fsp3) is 0.200. The van der Waals surface area contributed by atoms with E-state index in [1.807, 2.05) is 92.7 Å². The van der Waals surface area contributed by atoms with Crippen molar-refractivity contribution in [3.63, 3.8) is 0 Å². The Morgan fingerprint density at radius 1 is 0.833 bits per heavy atom. The summed E-state index contributed by atoms with van der Waals surface area (Å²) in [5.74, 6) is -0.288. The van der Waals surface area contributed by atoms with E-state index in [0.29, 0.717) is 6.42 Å². The smallest absolute Gasteiger partial charge is 0.408 e. The van der Waals surface area contributed by atoms with E-state index >= 15 is 0 Å². The Morgan fingerprint density at radius 2 is 1.47 bits per heavy atom. The van der Waals surface area contributed by atoms with Gasteiger partial charge in [-0.15, -0.1) is 0 Å². The molecule has 2 N–H and O–H groups in total. The summed E-state index contributed by atoms with van der Waals surface area (Å²) in [6, 6.07) is 24.0. The summed E-state index contributed by atoms with van der Waals surface area (Å²) in [7, 11) is 0. The molecule has 0 saturated heterocycles. The van der Waals surface area contributed by atoms with E-state index < -0.39 is 12.1 Å². The van der Waals surface area contributed by atoms with E-state index in [4.69, 9.17) is 4.74 Å². The Hall–Kier alpha value is -3.60. The second-order valence-electron chi connectivity index (χ2n) is 7.19. The average molecular weight is 402 g/mol. The molecular weight excluding hydrogens is 376 g/mol.